The van der Waals surface area contributed by atoms with Gasteiger partial charge in [-0.2, -0.15) is 0 Å². The summed E-state index contributed by atoms with van der Waals surface area (Å²) in [7, 11) is 3.51. The number of rotatable bonds is 2. The molecule has 4 aromatic rings. The van der Waals surface area contributed by atoms with Crippen LogP contribution in [-0.2, 0) is 14.1 Å². The van der Waals surface area contributed by atoms with E-state index < -0.39 is 0 Å². The van der Waals surface area contributed by atoms with E-state index in [1.54, 1.807) is 42.3 Å². The molecule has 0 aliphatic rings. The highest BCUT2D eigenvalue weighted by Crippen LogP contribution is 2.25. The number of carbonyl (C=O) groups excluding carboxylic acids is 1. The van der Waals surface area contributed by atoms with Gasteiger partial charge < -0.3 is 19.0 Å². The van der Waals surface area contributed by atoms with Crippen molar-refractivity contribution in [2.45, 2.75) is 6.92 Å². The molecule has 0 atom stereocenters. The Hall–Kier alpha value is -3.35. The number of aromatic nitrogens is 3. The number of nitrogens with one attached hydrogen (secondary N) is 1. The van der Waals surface area contributed by atoms with Crippen LogP contribution in [-0.4, -0.2) is 20.2 Å². The summed E-state index contributed by atoms with van der Waals surface area (Å²) in [6, 6.07) is 10.9. The number of hydrogen-bond donors (Lipinski definition) is 1. The maximum Gasteiger partial charge on any atom is 0.273 e. The molecule has 1 N–H and O–H groups in total. The average Bonchev–Trinajstić information content (AvgIpc) is 3.16. The van der Waals surface area contributed by atoms with Crippen LogP contribution in [0.25, 0.3) is 21.8 Å². The summed E-state index contributed by atoms with van der Waals surface area (Å²) in [6.45, 7) is 1.75. The number of aryl methyl sites for hydroxylation is 3. The molecule has 0 fully saturated rings. The summed E-state index contributed by atoms with van der Waals surface area (Å²) in [5.74, 6) is 0.593. The molecule has 0 saturated heterocycles. The highest BCUT2D eigenvalue weighted by molar-refractivity contribution is 6.10. The molecule has 0 radical (unpaired) electrons. The minimum Gasteiger partial charge on any atom is -0.360 e. The van der Waals surface area contributed by atoms with E-state index in [2.05, 4.69) is 10.5 Å². The first kappa shape index (κ1) is 15.2. The van der Waals surface area contributed by atoms with Gasteiger partial charge in [0, 0.05) is 25.5 Å². The Morgan fingerprint density at radius 3 is 2.60 bits per heavy atom. The van der Waals surface area contributed by atoms with Crippen LogP contribution >= 0.6 is 0 Å². The van der Waals surface area contributed by atoms with Crippen molar-refractivity contribution in [3.63, 3.8) is 0 Å². The third-order valence-corrected chi connectivity index (χ3v) is 4.39. The van der Waals surface area contributed by atoms with E-state index in [1.807, 2.05) is 24.3 Å². The van der Waals surface area contributed by atoms with Crippen LogP contribution < -0.4 is 10.9 Å². The summed E-state index contributed by atoms with van der Waals surface area (Å²) in [6.07, 6.45) is 0. The Balaban J connectivity index is 1.93. The van der Waals surface area contributed by atoms with Gasteiger partial charge in [-0.3, -0.25) is 9.59 Å². The number of hydrogen-bond acceptors (Lipinski definition) is 4. The van der Waals surface area contributed by atoms with Crippen molar-refractivity contribution < 1.29 is 9.32 Å². The number of para-hydroxylation sites is 1. The largest absolute Gasteiger partial charge is 0.360 e. The van der Waals surface area contributed by atoms with Crippen LogP contribution in [0.3, 0.4) is 0 Å². The summed E-state index contributed by atoms with van der Waals surface area (Å²) < 4.78 is 8.29. The predicted molar refractivity (Wildman–Crippen MR) is 94.9 cm³/mol. The fourth-order valence-corrected chi connectivity index (χ4v) is 3.17. The number of benzene rings is 1. The Morgan fingerprint density at radius 1 is 1.12 bits per heavy atom. The second-order valence-electron chi connectivity index (χ2n) is 6.01. The van der Waals surface area contributed by atoms with E-state index >= 15 is 0 Å². The molecule has 0 bridgehead atoms. The lowest BCUT2D eigenvalue weighted by Gasteiger charge is -2.08. The zero-order valence-corrected chi connectivity index (χ0v) is 14.0. The molecule has 0 saturated carbocycles. The summed E-state index contributed by atoms with van der Waals surface area (Å²) in [5, 5.41) is 7.87. The van der Waals surface area contributed by atoms with Crippen molar-refractivity contribution in [1.29, 1.82) is 0 Å². The van der Waals surface area contributed by atoms with E-state index in [-0.39, 0.29) is 11.5 Å². The molecule has 4 rings (SSSR count). The Bertz CT molecular complexity index is 1200. The van der Waals surface area contributed by atoms with E-state index in [1.165, 1.54) is 0 Å². The zero-order chi connectivity index (χ0) is 17.7. The topological polar surface area (TPSA) is 82.1 Å². The lowest BCUT2D eigenvalue weighted by Crippen LogP contribution is -2.17. The molecule has 7 heteroatoms. The molecular weight excluding hydrogens is 320 g/mol. The van der Waals surface area contributed by atoms with Gasteiger partial charge in [-0.25, -0.2) is 0 Å². The Labute approximate surface area is 142 Å². The van der Waals surface area contributed by atoms with E-state index in [4.69, 9.17) is 4.52 Å². The summed E-state index contributed by atoms with van der Waals surface area (Å²) in [5.41, 5.74) is 1.80. The Kier molecular flexibility index (Phi) is 3.24. The van der Waals surface area contributed by atoms with Gasteiger partial charge in [0.25, 0.3) is 11.5 Å². The SMILES string of the molecule is Cc1cc(NC(=O)c2cc3c(=O)n(C)c4ccccc4c3n2C)no1. The fourth-order valence-electron chi connectivity index (χ4n) is 3.17. The van der Waals surface area contributed by atoms with Crippen LogP contribution in [0.1, 0.15) is 16.2 Å². The number of carbonyl (C=O) groups is 1. The molecule has 3 aromatic heterocycles. The number of pyridine rings is 1. The van der Waals surface area contributed by atoms with Gasteiger partial charge in [0.2, 0.25) is 0 Å². The molecule has 0 aliphatic heterocycles. The minimum absolute atomic E-state index is 0.138. The first-order chi connectivity index (χ1) is 12.0. The van der Waals surface area contributed by atoms with Gasteiger partial charge in [-0.05, 0) is 19.1 Å². The first-order valence-corrected chi connectivity index (χ1v) is 7.79. The molecule has 0 spiro atoms. The van der Waals surface area contributed by atoms with Gasteiger partial charge in [-0.1, -0.05) is 23.4 Å². The van der Waals surface area contributed by atoms with Gasteiger partial charge in [0.1, 0.15) is 11.5 Å². The van der Waals surface area contributed by atoms with E-state index in [0.717, 1.165) is 16.4 Å². The standard InChI is InChI=1S/C18H16N4O3/c1-10-8-15(20-25-10)19-17(23)14-9-12-16(21(14)2)11-6-4-5-7-13(11)22(3)18(12)24/h4-9H,1-3H3,(H,19,20,23). The average molecular weight is 336 g/mol. The smallest absolute Gasteiger partial charge is 0.273 e. The normalized spacial score (nSPS) is 11.3. The lowest BCUT2D eigenvalue weighted by atomic mass is 10.1. The molecule has 0 unspecified atom stereocenters. The zero-order valence-electron chi connectivity index (χ0n) is 14.0. The highest BCUT2D eigenvalue weighted by Gasteiger charge is 2.19. The van der Waals surface area contributed by atoms with Crippen LogP contribution in [0.15, 0.2) is 45.7 Å². The van der Waals surface area contributed by atoms with Gasteiger partial charge in [-0.15, -0.1) is 0 Å². The number of amides is 1. The van der Waals surface area contributed by atoms with Crippen molar-refractivity contribution in [1.82, 2.24) is 14.3 Å². The van der Waals surface area contributed by atoms with Crippen LogP contribution in [0, 0.1) is 6.92 Å². The second-order valence-corrected chi connectivity index (χ2v) is 6.01. The maximum absolute atomic E-state index is 12.7. The number of fused-ring (bicyclic) bond motifs is 3. The second kappa shape index (κ2) is 5.34. The van der Waals surface area contributed by atoms with Gasteiger partial charge in [0.15, 0.2) is 5.82 Å². The Morgan fingerprint density at radius 2 is 1.88 bits per heavy atom. The molecular formula is C18H16N4O3. The van der Waals surface area contributed by atoms with Gasteiger partial charge in [0.05, 0.1) is 16.4 Å². The van der Waals surface area contributed by atoms with Crippen LogP contribution in [0.2, 0.25) is 0 Å². The van der Waals surface area contributed by atoms with Crippen molar-refractivity contribution in [2.75, 3.05) is 5.32 Å². The fraction of sp³-hybridized carbons (Fsp3) is 0.167. The van der Waals surface area contributed by atoms with E-state index in [9.17, 15) is 9.59 Å². The molecule has 1 amide bonds. The van der Waals surface area contributed by atoms with Crippen LogP contribution in [0.5, 0.6) is 0 Å². The minimum atomic E-state index is -0.349. The third kappa shape index (κ3) is 2.24. The third-order valence-electron chi connectivity index (χ3n) is 4.39. The van der Waals surface area contributed by atoms with Crippen molar-refractivity contribution in [2.24, 2.45) is 14.1 Å². The molecule has 25 heavy (non-hydrogen) atoms. The van der Waals surface area contributed by atoms with Crippen molar-refractivity contribution in [3.8, 4) is 0 Å². The summed E-state index contributed by atoms with van der Waals surface area (Å²) in [4.78, 5) is 25.3. The molecule has 7 nitrogen and oxygen atoms in total. The molecule has 0 aliphatic carbocycles. The summed E-state index contributed by atoms with van der Waals surface area (Å²) >= 11 is 0. The monoisotopic (exact) mass is 336 g/mol. The lowest BCUT2D eigenvalue weighted by molar-refractivity contribution is 0.101. The van der Waals surface area contributed by atoms with Crippen molar-refractivity contribution in [3.05, 3.63) is 58.2 Å². The number of anilines is 1. The molecule has 126 valence electrons. The highest BCUT2D eigenvalue weighted by atomic mass is 16.5. The van der Waals surface area contributed by atoms with E-state index in [0.29, 0.717) is 22.7 Å². The maximum atomic E-state index is 12.7. The molecule has 3 heterocycles. The van der Waals surface area contributed by atoms with Crippen LogP contribution in [0.4, 0.5) is 5.82 Å². The number of nitrogens with zero attached hydrogens (tertiary/aromatic N) is 3. The van der Waals surface area contributed by atoms with Crippen molar-refractivity contribution >= 4 is 33.5 Å². The van der Waals surface area contributed by atoms with Gasteiger partial charge >= 0.3 is 0 Å². The molecule has 1 aromatic carbocycles. The first-order valence-electron chi connectivity index (χ1n) is 7.79. The quantitative estimate of drug-likeness (QED) is 0.610. The predicted octanol–water partition coefficient (Wildman–Crippen LogP) is 2.58.